The van der Waals surface area contributed by atoms with Crippen LogP contribution in [0.25, 0.3) is 11.2 Å². The summed E-state index contributed by atoms with van der Waals surface area (Å²) in [6.07, 6.45) is 8.90. The third-order valence-corrected chi connectivity index (χ3v) is 4.47. The molecule has 0 radical (unpaired) electrons. The largest absolute Gasteiger partial charge is 0.382 e. The summed E-state index contributed by atoms with van der Waals surface area (Å²) in [6.45, 7) is 2.06. The van der Waals surface area contributed by atoms with Crippen LogP contribution in [0.1, 0.15) is 36.9 Å². The first-order chi connectivity index (χ1) is 10.6. The molecule has 22 heavy (non-hydrogen) atoms. The summed E-state index contributed by atoms with van der Waals surface area (Å²) in [4.78, 5) is 12.6. The van der Waals surface area contributed by atoms with Gasteiger partial charge in [0, 0.05) is 12.2 Å². The molecule has 8 heteroatoms. The van der Waals surface area contributed by atoms with Crippen LogP contribution in [0, 0.1) is 6.92 Å². The van der Waals surface area contributed by atoms with Crippen LogP contribution in [0.2, 0.25) is 5.28 Å². The summed E-state index contributed by atoms with van der Waals surface area (Å²) in [7, 11) is 0. The van der Waals surface area contributed by atoms with Gasteiger partial charge in [-0.05, 0) is 43.4 Å². The summed E-state index contributed by atoms with van der Waals surface area (Å²) in [5.74, 6) is 0.325. The quantitative estimate of drug-likeness (QED) is 0.734. The molecule has 7 nitrogen and oxygen atoms in total. The molecule has 0 bridgehead atoms. The van der Waals surface area contributed by atoms with Crippen LogP contribution in [0.4, 0.5) is 5.82 Å². The average molecular weight is 318 g/mol. The maximum absolute atomic E-state index is 5.93. The van der Waals surface area contributed by atoms with Gasteiger partial charge in [-0.25, -0.2) is 4.98 Å². The van der Waals surface area contributed by atoms with Crippen LogP contribution in [0.5, 0.6) is 0 Å². The molecule has 3 aromatic heterocycles. The maximum atomic E-state index is 5.93. The van der Waals surface area contributed by atoms with E-state index in [9.17, 15) is 0 Å². The highest BCUT2D eigenvalue weighted by atomic mass is 35.5. The van der Waals surface area contributed by atoms with Crippen molar-refractivity contribution in [2.24, 2.45) is 0 Å². The smallest absolute Gasteiger partial charge is 0.226 e. The molecule has 1 aliphatic rings. The van der Waals surface area contributed by atoms with E-state index in [4.69, 9.17) is 17.3 Å². The lowest BCUT2D eigenvalue weighted by Crippen LogP contribution is -2.09. The van der Waals surface area contributed by atoms with Gasteiger partial charge in [-0.2, -0.15) is 15.1 Å². The number of nitrogens with two attached hydrogens (primary N) is 1. The number of fused-ring (bicyclic) bond motifs is 1. The Hall–Kier alpha value is -2.15. The lowest BCUT2D eigenvalue weighted by molar-refractivity contribution is 0.437. The van der Waals surface area contributed by atoms with Crippen LogP contribution < -0.4 is 5.73 Å². The fourth-order valence-electron chi connectivity index (χ4n) is 3.24. The van der Waals surface area contributed by atoms with E-state index in [1.165, 1.54) is 5.56 Å². The second kappa shape index (κ2) is 4.95. The molecule has 0 saturated heterocycles. The maximum Gasteiger partial charge on any atom is 0.226 e. The molecule has 1 aliphatic carbocycles. The van der Waals surface area contributed by atoms with Crippen LogP contribution in [0.15, 0.2) is 18.7 Å². The molecule has 1 fully saturated rings. The number of hydrogen-bond donors (Lipinski definition) is 1. The predicted molar refractivity (Wildman–Crippen MR) is 83.6 cm³/mol. The molecule has 114 valence electrons. The lowest BCUT2D eigenvalue weighted by atomic mass is 10.2. The molecule has 0 aliphatic heterocycles. The third kappa shape index (κ3) is 2.12. The Bertz CT molecular complexity index is 837. The van der Waals surface area contributed by atoms with Crippen LogP contribution >= 0.6 is 11.6 Å². The highest BCUT2D eigenvalue weighted by Crippen LogP contribution is 2.39. The summed E-state index contributed by atoms with van der Waals surface area (Å²) >= 11 is 5.93. The summed E-state index contributed by atoms with van der Waals surface area (Å²) < 4.78 is 4.13. The van der Waals surface area contributed by atoms with Crippen molar-refractivity contribution in [3.05, 3.63) is 29.6 Å². The first-order valence-electron chi connectivity index (χ1n) is 7.28. The fourth-order valence-corrected chi connectivity index (χ4v) is 3.41. The predicted octanol–water partition coefficient (Wildman–Crippen LogP) is 2.53. The van der Waals surface area contributed by atoms with E-state index in [0.717, 1.165) is 19.3 Å². The zero-order chi connectivity index (χ0) is 15.3. The van der Waals surface area contributed by atoms with Crippen molar-refractivity contribution in [2.45, 2.75) is 38.3 Å². The number of anilines is 1. The Morgan fingerprint density at radius 2 is 2.09 bits per heavy atom. The molecule has 0 amide bonds. The molecule has 3 heterocycles. The molecular weight excluding hydrogens is 302 g/mol. The van der Waals surface area contributed by atoms with E-state index in [1.54, 1.807) is 6.33 Å². The van der Waals surface area contributed by atoms with Gasteiger partial charge in [-0.15, -0.1) is 0 Å². The van der Waals surface area contributed by atoms with Gasteiger partial charge in [-0.1, -0.05) is 0 Å². The van der Waals surface area contributed by atoms with Gasteiger partial charge >= 0.3 is 0 Å². The summed E-state index contributed by atoms with van der Waals surface area (Å²) in [5.41, 5.74) is 8.37. The lowest BCUT2D eigenvalue weighted by Gasteiger charge is -2.14. The number of aryl methyl sites for hydroxylation is 1. The summed E-state index contributed by atoms with van der Waals surface area (Å²) in [5, 5.41) is 4.59. The van der Waals surface area contributed by atoms with E-state index < -0.39 is 0 Å². The van der Waals surface area contributed by atoms with Crippen molar-refractivity contribution in [1.29, 1.82) is 0 Å². The molecule has 2 N–H and O–H groups in total. The molecule has 4 rings (SSSR count). The van der Waals surface area contributed by atoms with Crippen molar-refractivity contribution in [3.63, 3.8) is 0 Å². The van der Waals surface area contributed by atoms with Crippen molar-refractivity contribution in [3.8, 4) is 0 Å². The number of nitrogens with zero attached hydrogens (tertiary/aromatic N) is 6. The molecular formula is C14H16ClN7. The molecule has 2 atom stereocenters. The Labute approximate surface area is 132 Å². The fraction of sp³-hybridized carbons (Fsp3) is 0.429. The minimum atomic E-state index is 0.156. The second-order valence-corrected chi connectivity index (χ2v) is 6.16. The minimum Gasteiger partial charge on any atom is -0.382 e. The van der Waals surface area contributed by atoms with Gasteiger partial charge in [0.05, 0.1) is 18.6 Å². The van der Waals surface area contributed by atoms with Crippen molar-refractivity contribution < 1.29 is 0 Å². The van der Waals surface area contributed by atoms with Crippen molar-refractivity contribution >= 4 is 28.6 Å². The number of imidazole rings is 1. The van der Waals surface area contributed by atoms with E-state index in [2.05, 4.69) is 42.4 Å². The number of halogens is 1. The standard InChI is InChI=1S/C14H16ClN7/c1-8-5-18-22(6-8)10-3-2-9(4-10)21-7-17-11-12(16)19-14(15)20-13(11)21/h5-7,9-10H,2-4H2,1H3,(H2,16,19,20)/t9-,10+/m1/s1. The van der Waals surface area contributed by atoms with Crippen molar-refractivity contribution in [1.82, 2.24) is 29.3 Å². The van der Waals surface area contributed by atoms with Gasteiger partial charge in [-0.3, -0.25) is 4.68 Å². The second-order valence-electron chi connectivity index (χ2n) is 5.82. The van der Waals surface area contributed by atoms with Crippen LogP contribution in [-0.2, 0) is 0 Å². The van der Waals surface area contributed by atoms with Gasteiger partial charge in [0.2, 0.25) is 5.28 Å². The summed E-state index contributed by atoms with van der Waals surface area (Å²) in [6, 6.07) is 0.732. The van der Waals surface area contributed by atoms with Gasteiger partial charge < -0.3 is 10.3 Å². The van der Waals surface area contributed by atoms with E-state index in [-0.39, 0.29) is 5.28 Å². The third-order valence-electron chi connectivity index (χ3n) is 4.30. The number of nitrogen functional groups attached to an aromatic ring is 1. The Balaban J connectivity index is 1.66. The number of rotatable bonds is 2. The van der Waals surface area contributed by atoms with Gasteiger partial charge in [0.1, 0.15) is 5.52 Å². The Morgan fingerprint density at radius 3 is 2.86 bits per heavy atom. The topological polar surface area (TPSA) is 87.4 Å². The average Bonchev–Trinajstić information content (AvgIpc) is 3.15. The van der Waals surface area contributed by atoms with Gasteiger partial charge in [0.15, 0.2) is 11.5 Å². The SMILES string of the molecule is Cc1cnn([C@H]2CC[C@@H](n3cnc4c(N)nc(Cl)nc43)C2)c1. The minimum absolute atomic E-state index is 0.156. The Morgan fingerprint density at radius 1 is 1.27 bits per heavy atom. The van der Waals surface area contributed by atoms with Crippen molar-refractivity contribution in [2.75, 3.05) is 5.73 Å². The highest BCUT2D eigenvalue weighted by Gasteiger charge is 2.29. The number of hydrogen-bond acceptors (Lipinski definition) is 5. The first-order valence-corrected chi connectivity index (χ1v) is 7.66. The van der Waals surface area contributed by atoms with E-state index >= 15 is 0 Å². The highest BCUT2D eigenvalue weighted by molar-refractivity contribution is 6.28. The monoisotopic (exact) mass is 317 g/mol. The normalized spacial score (nSPS) is 21.7. The first kappa shape index (κ1) is 13.5. The van der Waals surface area contributed by atoms with E-state index in [0.29, 0.717) is 29.1 Å². The zero-order valence-electron chi connectivity index (χ0n) is 12.1. The molecule has 0 aromatic carbocycles. The molecule has 0 spiro atoms. The van der Waals surface area contributed by atoms with Gasteiger partial charge in [0.25, 0.3) is 0 Å². The molecule has 3 aromatic rings. The molecule has 1 saturated carbocycles. The van der Waals surface area contributed by atoms with E-state index in [1.807, 2.05) is 6.20 Å². The number of aromatic nitrogens is 6. The zero-order valence-corrected chi connectivity index (χ0v) is 12.9. The van der Waals surface area contributed by atoms with Crippen LogP contribution in [-0.4, -0.2) is 29.3 Å². The molecule has 0 unspecified atom stereocenters. The Kier molecular flexibility index (Phi) is 3.04. The van der Waals surface area contributed by atoms with Crippen LogP contribution in [0.3, 0.4) is 0 Å².